The van der Waals surface area contributed by atoms with Crippen molar-refractivity contribution in [3.8, 4) is 16.9 Å². The molecular formula is C31H25ClN4O4. The second kappa shape index (κ2) is 9.64. The van der Waals surface area contributed by atoms with Crippen LogP contribution in [0.25, 0.3) is 21.9 Å². The van der Waals surface area contributed by atoms with E-state index in [1.165, 1.54) is 4.90 Å². The van der Waals surface area contributed by atoms with E-state index in [1.807, 2.05) is 60.7 Å². The number of nitrogens with zero attached hydrogens (tertiary/aromatic N) is 2. The molecule has 200 valence electrons. The van der Waals surface area contributed by atoms with Gasteiger partial charge in [0.1, 0.15) is 5.75 Å². The molecule has 7 rings (SSSR count). The minimum atomic E-state index is -0.435. The number of amides is 4. The van der Waals surface area contributed by atoms with Crippen molar-refractivity contribution in [1.82, 2.24) is 10.3 Å². The number of anilines is 2. The Morgan fingerprint density at radius 1 is 0.975 bits per heavy atom. The topological polar surface area (TPSA) is 101 Å². The highest BCUT2D eigenvalue weighted by atomic mass is 35.5. The Morgan fingerprint density at radius 2 is 1.85 bits per heavy atom. The molecule has 4 aromatic rings. The fourth-order valence-corrected chi connectivity index (χ4v) is 6.67. The number of fused-ring (bicyclic) bond motifs is 3. The van der Waals surface area contributed by atoms with Crippen LogP contribution in [-0.2, 0) is 9.59 Å². The summed E-state index contributed by atoms with van der Waals surface area (Å²) in [5.41, 5.74) is 3.96. The van der Waals surface area contributed by atoms with E-state index in [0.29, 0.717) is 35.0 Å². The summed E-state index contributed by atoms with van der Waals surface area (Å²) in [6.07, 6.45) is 5.25. The summed E-state index contributed by atoms with van der Waals surface area (Å²) in [6, 6.07) is 18.4. The number of benzene rings is 3. The molecule has 9 heteroatoms. The fraction of sp³-hybridized carbons (Fsp3) is 0.226. The van der Waals surface area contributed by atoms with Crippen LogP contribution >= 0.6 is 11.6 Å². The Morgan fingerprint density at radius 3 is 2.75 bits per heavy atom. The van der Waals surface area contributed by atoms with Crippen LogP contribution in [0.4, 0.5) is 16.2 Å². The number of hydrogen-bond donors (Lipinski definition) is 2. The number of pyridine rings is 1. The number of carbonyl (C=O) groups is 3. The number of hydrogen-bond acceptors (Lipinski definition) is 5. The summed E-state index contributed by atoms with van der Waals surface area (Å²) in [4.78, 5) is 44.5. The molecule has 0 radical (unpaired) electrons. The molecule has 1 aromatic heterocycles. The van der Waals surface area contributed by atoms with Crippen molar-refractivity contribution >= 4 is 51.6 Å². The molecule has 3 heterocycles. The summed E-state index contributed by atoms with van der Waals surface area (Å²) in [5, 5.41) is 8.29. The molecule has 2 fully saturated rings. The fourth-order valence-electron chi connectivity index (χ4n) is 6.34. The smallest absolute Gasteiger partial charge is 0.329 e. The third-order valence-corrected chi connectivity index (χ3v) is 8.50. The Bertz CT molecular complexity index is 1700. The third-order valence-electron chi connectivity index (χ3n) is 8.17. The van der Waals surface area contributed by atoms with Gasteiger partial charge in [-0.15, -0.1) is 0 Å². The van der Waals surface area contributed by atoms with Gasteiger partial charge in [-0.2, -0.15) is 0 Å². The van der Waals surface area contributed by atoms with E-state index < -0.39 is 6.03 Å². The molecule has 3 aliphatic rings. The molecule has 2 aliphatic heterocycles. The lowest BCUT2D eigenvalue weighted by atomic mass is 9.72. The minimum Gasteiger partial charge on any atom is -0.482 e. The van der Waals surface area contributed by atoms with Gasteiger partial charge in [-0.1, -0.05) is 54.1 Å². The highest BCUT2D eigenvalue weighted by Gasteiger charge is 2.46. The SMILES string of the molecule is O=C1COc2ccc(-c3cccc(Cl)c3C3CCC4C(=O)N(c5cncc6ccccc56)C(=O)NC4C3)cc2N1. The molecule has 0 spiro atoms. The summed E-state index contributed by atoms with van der Waals surface area (Å²) in [6.45, 7) is -0.00172. The second-order valence-corrected chi connectivity index (χ2v) is 10.9. The summed E-state index contributed by atoms with van der Waals surface area (Å²) < 4.78 is 5.52. The maximum atomic E-state index is 13.7. The molecule has 8 nitrogen and oxygen atoms in total. The molecule has 1 aliphatic carbocycles. The van der Waals surface area contributed by atoms with E-state index >= 15 is 0 Å². The number of rotatable bonds is 3. The standard InChI is InChI=1S/C31H25ClN4O4/c32-23-7-3-6-21(17-9-11-27-25(12-17)34-28(37)16-40-27)29(23)18-8-10-22-24(13-18)35-31(39)36(30(22)38)26-15-33-14-19-4-1-2-5-20(19)26/h1-7,9,11-12,14-15,18,22,24H,8,10,13,16H2,(H,34,37)(H,35,39). The first-order chi connectivity index (χ1) is 19.5. The summed E-state index contributed by atoms with van der Waals surface area (Å²) in [7, 11) is 0. The normalized spacial score (nSPS) is 22.2. The molecule has 2 N–H and O–H groups in total. The summed E-state index contributed by atoms with van der Waals surface area (Å²) >= 11 is 6.81. The lowest BCUT2D eigenvalue weighted by Gasteiger charge is -2.43. The van der Waals surface area contributed by atoms with Gasteiger partial charge in [-0.25, -0.2) is 9.69 Å². The molecule has 4 amide bonds. The average Bonchev–Trinajstić information content (AvgIpc) is 2.96. The van der Waals surface area contributed by atoms with Gasteiger partial charge in [-0.3, -0.25) is 14.6 Å². The molecule has 1 saturated heterocycles. The van der Waals surface area contributed by atoms with Crippen molar-refractivity contribution in [2.45, 2.75) is 31.2 Å². The van der Waals surface area contributed by atoms with Gasteiger partial charge in [0.2, 0.25) is 5.91 Å². The van der Waals surface area contributed by atoms with Crippen LogP contribution in [0.1, 0.15) is 30.7 Å². The largest absolute Gasteiger partial charge is 0.482 e. The highest BCUT2D eigenvalue weighted by molar-refractivity contribution is 6.32. The van der Waals surface area contributed by atoms with Crippen LogP contribution in [0.3, 0.4) is 0 Å². The monoisotopic (exact) mass is 552 g/mol. The van der Waals surface area contributed by atoms with Gasteiger partial charge in [0, 0.05) is 28.0 Å². The molecule has 0 bridgehead atoms. The molecule has 3 unspecified atom stereocenters. The zero-order valence-electron chi connectivity index (χ0n) is 21.4. The number of aromatic nitrogens is 1. The van der Waals surface area contributed by atoms with Crippen molar-refractivity contribution in [3.05, 3.63) is 83.6 Å². The minimum absolute atomic E-state index is 0.00172. The van der Waals surface area contributed by atoms with E-state index in [-0.39, 0.29) is 36.3 Å². The first-order valence-electron chi connectivity index (χ1n) is 13.3. The van der Waals surface area contributed by atoms with Gasteiger partial charge in [0.25, 0.3) is 5.91 Å². The van der Waals surface area contributed by atoms with E-state index in [9.17, 15) is 14.4 Å². The number of carbonyl (C=O) groups excluding carboxylic acids is 3. The van der Waals surface area contributed by atoms with Gasteiger partial charge < -0.3 is 15.4 Å². The Labute approximate surface area is 235 Å². The zero-order valence-corrected chi connectivity index (χ0v) is 22.1. The Balaban J connectivity index is 1.18. The molecule has 1 saturated carbocycles. The van der Waals surface area contributed by atoms with Crippen LogP contribution in [0.2, 0.25) is 5.02 Å². The molecule has 3 atom stereocenters. The predicted molar refractivity (Wildman–Crippen MR) is 153 cm³/mol. The lowest BCUT2D eigenvalue weighted by Crippen LogP contribution is -2.61. The van der Waals surface area contributed by atoms with E-state index in [1.54, 1.807) is 12.4 Å². The van der Waals surface area contributed by atoms with E-state index in [2.05, 4.69) is 15.6 Å². The van der Waals surface area contributed by atoms with Gasteiger partial charge in [0.15, 0.2) is 6.61 Å². The average molecular weight is 553 g/mol. The van der Waals surface area contributed by atoms with E-state index in [0.717, 1.165) is 33.9 Å². The van der Waals surface area contributed by atoms with Crippen LogP contribution in [0.5, 0.6) is 5.75 Å². The van der Waals surface area contributed by atoms with Gasteiger partial charge in [-0.05, 0) is 60.1 Å². The maximum Gasteiger partial charge on any atom is 0.329 e. The first kappa shape index (κ1) is 24.6. The zero-order chi connectivity index (χ0) is 27.4. The Kier molecular flexibility index (Phi) is 5.93. The maximum absolute atomic E-state index is 13.7. The number of imide groups is 1. The highest BCUT2D eigenvalue weighted by Crippen LogP contribution is 2.46. The Hall–Kier alpha value is -4.43. The number of ether oxygens (including phenoxy) is 1. The summed E-state index contributed by atoms with van der Waals surface area (Å²) in [5.74, 6) is -0.0713. The van der Waals surface area contributed by atoms with Crippen LogP contribution < -0.4 is 20.3 Å². The van der Waals surface area contributed by atoms with Gasteiger partial charge >= 0.3 is 6.03 Å². The van der Waals surface area contributed by atoms with Crippen LogP contribution in [0.15, 0.2) is 73.1 Å². The quantitative estimate of drug-likeness (QED) is 0.330. The predicted octanol–water partition coefficient (Wildman–Crippen LogP) is 5.89. The van der Waals surface area contributed by atoms with Crippen molar-refractivity contribution in [3.63, 3.8) is 0 Å². The molecule has 3 aromatic carbocycles. The second-order valence-electron chi connectivity index (χ2n) is 10.5. The van der Waals surface area contributed by atoms with Crippen molar-refractivity contribution in [2.24, 2.45) is 5.92 Å². The number of urea groups is 1. The molecule has 40 heavy (non-hydrogen) atoms. The van der Waals surface area contributed by atoms with E-state index in [4.69, 9.17) is 16.3 Å². The lowest BCUT2D eigenvalue weighted by molar-refractivity contribution is -0.124. The van der Waals surface area contributed by atoms with Crippen molar-refractivity contribution < 1.29 is 19.1 Å². The number of nitrogens with one attached hydrogen (secondary N) is 2. The van der Waals surface area contributed by atoms with Crippen molar-refractivity contribution in [2.75, 3.05) is 16.8 Å². The molecular weight excluding hydrogens is 528 g/mol. The van der Waals surface area contributed by atoms with Crippen LogP contribution in [-0.4, -0.2) is 35.5 Å². The number of halogens is 1. The van der Waals surface area contributed by atoms with Crippen molar-refractivity contribution in [1.29, 1.82) is 0 Å². The first-order valence-corrected chi connectivity index (χ1v) is 13.7. The van der Waals surface area contributed by atoms with Crippen LogP contribution in [0, 0.1) is 5.92 Å². The van der Waals surface area contributed by atoms with Gasteiger partial charge in [0.05, 0.1) is 23.5 Å². The third kappa shape index (κ3) is 4.07.